The highest BCUT2D eigenvalue weighted by atomic mass is 35.5. The summed E-state index contributed by atoms with van der Waals surface area (Å²) in [5.41, 5.74) is 1.17. The van der Waals surface area contributed by atoms with E-state index in [2.05, 4.69) is 39.6 Å². The van der Waals surface area contributed by atoms with Crippen LogP contribution in [0.25, 0.3) is 0 Å². The van der Waals surface area contributed by atoms with Crippen molar-refractivity contribution in [1.82, 2.24) is 4.98 Å². The van der Waals surface area contributed by atoms with Crippen LogP contribution in [-0.2, 0) is 6.42 Å². The van der Waals surface area contributed by atoms with E-state index in [1.165, 1.54) is 15.6 Å². The van der Waals surface area contributed by atoms with Gasteiger partial charge in [-0.05, 0) is 32.6 Å². The topological polar surface area (TPSA) is 12.9 Å². The van der Waals surface area contributed by atoms with Crippen LogP contribution in [-0.4, -0.2) is 10.4 Å². The zero-order chi connectivity index (χ0) is 11.6. The van der Waals surface area contributed by atoms with Crippen LogP contribution in [0.2, 0.25) is 0 Å². The molecule has 0 fully saturated rings. The first-order valence-electron chi connectivity index (χ1n) is 5.48. The Balaban J connectivity index is 2.74. The lowest BCUT2D eigenvalue weighted by atomic mass is 9.90. The number of thiazole rings is 1. The Morgan fingerprint density at radius 1 is 1.27 bits per heavy atom. The quantitative estimate of drug-likeness (QED) is 0.725. The maximum Gasteiger partial charge on any atom is 0.0934 e. The summed E-state index contributed by atoms with van der Waals surface area (Å²) in [6.45, 7) is 10.8. The molecule has 2 atom stereocenters. The van der Waals surface area contributed by atoms with Gasteiger partial charge in [0.15, 0.2) is 0 Å². The fourth-order valence-corrected chi connectivity index (χ4v) is 3.14. The van der Waals surface area contributed by atoms with E-state index in [0.29, 0.717) is 11.8 Å². The van der Waals surface area contributed by atoms with Crippen LogP contribution in [0.15, 0.2) is 0 Å². The predicted octanol–water partition coefficient (Wildman–Crippen LogP) is 4.20. The SMILES string of the molecule is Cc1nc(CC(C(C)C)C(C)Cl)sc1C. The molecule has 0 spiro atoms. The van der Waals surface area contributed by atoms with Gasteiger partial charge < -0.3 is 0 Å². The van der Waals surface area contributed by atoms with Crippen LogP contribution in [0, 0.1) is 25.7 Å². The van der Waals surface area contributed by atoms with Gasteiger partial charge in [0.25, 0.3) is 0 Å². The minimum atomic E-state index is 0.217. The second-order valence-corrected chi connectivity index (χ2v) is 6.51. The summed E-state index contributed by atoms with van der Waals surface area (Å²) < 4.78 is 0. The first-order valence-corrected chi connectivity index (χ1v) is 6.74. The first kappa shape index (κ1) is 13.0. The van der Waals surface area contributed by atoms with E-state index >= 15 is 0 Å². The zero-order valence-corrected chi connectivity index (χ0v) is 11.7. The van der Waals surface area contributed by atoms with Crippen molar-refractivity contribution in [2.24, 2.45) is 11.8 Å². The molecule has 0 aliphatic carbocycles. The Morgan fingerprint density at radius 2 is 1.87 bits per heavy atom. The summed E-state index contributed by atoms with van der Waals surface area (Å²) in [6.07, 6.45) is 1.02. The van der Waals surface area contributed by atoms with Crippen molar-refractivity contribution in [1.29, 1.82) is 0 Å². The third kappa shape index (κ3) is 3.46. The van der Waals surface area contributed by atoms with E-state index in [9.17, 15) is 0 Å². The molecule has 1 aromatic rings. The molecule has 0 amide bonds. The summed E-state index contributed by atoms with van der Waals surface area (Å²) in [7, 11) is 0. The molecular weight excluding hydrogens is 226 g/mol. The van der Waals surface area contributed by atoms with Crippen LogP contribution in [0.5, 0.6) is 0 Å². The summed E-state index contributed by atoms with van der Waals surface area (Å²) in [5.74, 6) is 1.14. The third-order valence-electron chi connectivity index (χ3n) is 2.93. The smallest absolute Gasteiger partial charge is 0.0934 e. The molecule has 2 unspecified atom stereocenters. The average Bonchev–Trinajstić information content (AvgIpc) is 2.41. The molecule has 0 saturated heterocycles. The predicted molar refractivity (Wildman–Crippen MR) is 68.9 cm³/mol. The Hall–Kier alpha value is -0.0800. The maximum absolute atomic E-state index is 6.21. The monoisotopic (exact) mass is 245 g/mol. The van der Waals surface area contributed by atoms with E-state index in [1.54, 1.807) is 0 Å². The lowest BCUT2D eigenvalue weighted by Crippen LogP contribution is -2.20. The Labute approximate surface area is 102 Å². The standard InChI is InChI=1S/C12H20ClNS/c1-7(2)11(8(3)13)6-12-14-9(4)10(5)15-12/h7-8,11H,6H2,1-5H3. The molecule has 1 rings (SSSR count). The van der Waals surface area contributed by atoms with Crippen LogP contribution < -0.4 is 0 Å². The number of hydrogen-bond acceptors (Lipinski definition) is 2. The molecule has 86 valence electrons. The molecule has 1 heterocycles. The van der Waals surface area contributed by atoms with Crippen molar-refractivity contribution in [2.75, 3.05) is 0 Å². The maximum atomic E-state index is 6.21. The molecule has 0 N–H and O–H groups in total. The molecule has 1 nitrogen and oxygen atoms in total. The Kier molecular flexibility index (Phi) is 4.60. The third-order valence-corrected chi connectivity index (χ3v) is 4.35. The number of rotatable bonds is 4. The summed E-state index contributed by atoms with van der Waals surface area (Å²) in [6, 6.07) is 0. The van der Waals surface area contributed by atoms with E-state index in [0.717, 1.165) is 6.42 Å². The first-order chi connectivity index (χ1) is 6.91. The van der Waals surface area contributed by atoms with Crippen molar-refractivity contribution in [3.63, 3.8) is 0 Å². The highest BCUT2D eigenvalue weighted by molar-refractivity contribution is 7.11. The van der Waals surface area contributed by atoms with Crippen molar-refractivity contribution < 1.29 is 0 Å². The van der Waals surface area contributed by atoms with Gasteiger partial charge >= 0.3 is 0 Å². The van der Waals surface area contributed by atoms with Crippen molar-refractivity contribution in [3.05, 3.63) is 15.6 Å². The number of aromatic nitrogens is 1. The summed E-state index contributed by atoms with van der Waals surface area (Å²) in [4.78, 5) is 5.90. The summed E-state index contributed by atoms with van der Waals surface area (Å²) in [5, 5.41) is 1.45. The molecule has 15 heavy (non-hydrogen) atoms. The lowest BCUT2D eigenvalue weighted by molar-refractivity contribution is 0.376. The van der Waals surface area contributed by atoms with E-state index in [4.69, 9.17) is 11.6 Å². The second kappa shape index (κ2) is 5.31. The van der Waals surface area contributed by atoms with Crippen molar-refractivity contribution in [2.45, 2.75) is 46.4 Å². The van der Waals surface area contributed by atoms with Gasteiger partial charge in [0.1, 0.15) is 0 Å². The molecule has 0 saturated carbocycles. The van der Waals surface area contributed by atoms with Gasteiger partial charge in [-0.15, -0.1) is 22.9 Å². The van der Waals surface area contributed by atoms with Gasteiger partial charge in [-0.25, -0.2) is 4.98 Å². The molecular formula is C12H20ClNS. The number of halogens is 1. The van der Waals surface area contributed by atoms with Crippen LogP contribution in [0.4, 0.5) is 0 Å². The molecule has 1 aromatic heterocycles. The van der Waals surface area contributed by atoms with E-state index < -0.39 is 0 Å². The molecule has 0 bridgehead atoms. The number of aryl methyl sites for hydroxylation is 2. The zero-order valence-electron chi connectivity index (χ0n) is 10.2. The van der Waals surface area contributed by atoms with Gasteiger partial charge in [0, 0.05) is 16.7 Å². The van der Waals surface area contributed by atoms with Gasteiger partial charge in [0.2, 0.25) is 0 Å². The average molecular weight is 246 g/mol. The highest BCUT2D eigenvalue weighted by Gasteiger charge is 2.21. The van der Waals surface area contributed by atoms with Gasteiger partial charge in [0.05, 0.1) is 10.7 Å². The largest absolute Gasteiger partial charge is 0.246 e. The minimum absolute atomic E-state index is 0.217. The Bertz CT molecular complexity index is 290. The number of alkyl halides is 1. The van der Waals surface area contributed by atoms with Gasteiger partial charge in [-0.1, -0.05) is 13.8 Å². The molecule has 3 heteroatoms. The highest BCUT2D eigenvalue weighted by Crippen LogP contribution is 2.27. The van der Waals surface area contributed by atoms with Gasteiger partial charge in [-0.3, -0.25) is 0 Å². The molecule has 0 aliphatic heterocycles. The van der Waals surface area contributed by atoms with Crippen LogP contribution in [0.1, 0.15) is 36.3 Å². The van der Waals surface area contributed by atoms with E-state index in [-0.39, 0.29) is 5.38 Å². The number of nitrogens with zero attached hydrogens (tertiary/aromatic N) is 1. The van der Waals surface area contributed by atoms with Crippen molar-refractivity contribution in [3.8, 4) is 0 Å². The van der Waals surface area contributed by atoms with E-state index in [1.807, 2.05) is 11.3 Å². The van der Waals surface area contributed by atoms with Crippen LogP contribution in [0.3, 0.4) is 0 Å². The summed E-state index contributed by atoms with van der Waals surface area (Å²) >= 11 is 8.02. The second-order valence-electron chi connectivity index (χ2n) is 4.54. The Morgan fingerprint density at radius 3 is 2.20 bits per heavy atom. The van der Waals surface area contributed by atoms with Crippen molar-refractivity contribution >= 4 is 22.9 Å². The van der Waals surface area contributed by atoms with Gasteiger partial charge in [-0.2, -0.15) is 0 Å². The number of hydrogen-bond donors (Lipinski definition) is 0. The molecule has 0 aliphatic rings. The normalized spacial score (nSPS) is 15.7. The minimum Gasteiger partial charge on any atom is -0.246 e. The van der Waals surface area contributed by atoms with Crippen LogP contribution >= 0.6 is 22.9 Å². The lowest BCUT2D eigenvalue weighted by Gasteiger charge is -2.21. The molecule has 0 radical (unpaired) electrons. The molecule has 0 aromatic carbocycles. The fourth-order valence-electron chi connectivity index (χ4n) is 1.76. The fraction of sp³-hybridized carbons (Fsp3) is 0.750.